The molecule has 0 saturated heterocycles. The first kappa shape index (κ1) is 12.9. The Kier molecular flexibility index (Phi) is 6.29. The molecule has 0 amide bonds. The summed E-state index contributed by atoms with van der Waals surface area (Å²) in [5.41, 5.74) is 0.0121. The maximum atomic E-state index is 8.87. The Balaban J connectivity index is 3.82. The fourth-order valence-electron chi connectivity index (χ4n) is 1.12. The van der Waals surface area contributed by atoms with Gasteiger partial charge in [-0.25, -0.2) is 0 Å². The lowest BCUT2D eigenvalue weighted by atomic mass is 9.94. The second-order valence-electron chi connectivity index (χ2n) is 4.06. The van der Waals surface area contributed by atoms with Crippen molar-refractivity contribution in [1.29, 1.82) is 0 Å². The minimum absolute atomic E-state index is 0.0121. The SMILES string of the molecule is CCC(C)(CCO)NCC(C)CO. The van der Waals surface area contributed by atoms with E-state index < -0.39 is 0 Å². The Hall–Kier alpha value is -0.120. The maximum Gasteiger partial charge on any atom is 0.0468 e. The zero-order chi connectivity index (χ0) is 10.3. The number of hydrogen-bond donors (Lipinski definition) is 3. The third-order valence-corrected chi connectivity index (χ3v) is 2.63. The molecule has 0 aromatic heterocycles. The Morgan fingerprint density at radius 1 is 1.38 bits per heavy atom. The summed E-state index contributed by atoms with van der Waals surface area (Å²) in [6, 6.07) is 0. The van der Waals surface area contributed by atoms with Crippen LogP contribution in [-0.4, -0.2) is 35.5 Å². The van der Waals surface area contributed by atoms with Gasteiger partial charge in [0, 0.05) is 25.3 Å². The van der Waals surface area contributed by atoms with E-state index in [-0.39, 0.29) is 24.7 Å². The third-order valence-electron chi connectivity index (χ3n) is 2.63. The summed E-state index contributed by atoms with van der Waals surface area (Å²) in [4.78, 5) is 0. The third kappa shape index (κ3) is 5.24. The van der Waals surface area contributed by atoms with Crippen LogP contribution in [0.3, 0.4) is 0 Å². The predicted molar refractivity (Wildman–Crippen MR) is 54.7 cm³/mol. The quantitative estimate of drug-likeness (QED) is 0.554. The molecule has 13 heavy (non-hydrogen) atoms. The van der Waals surface area contributed by atoms with Crippen molar-refractivity contribution in [2.24, 2.45) is 5.92 Å². The minimum atomic E-state index is 0.0121. The van der Waals surface area contributed by atoms with Gasteiger partial charge in [0.25, 0.3) is 0 Å². The fourth-order valence-corrected chi connectivity index (χ4v) is 1.12. The highest BCUT2D eigenvalue weighted by Gasteiger charge is 2.20. The average Bonchev–Trinajstić information content (AvgIpc) is 2.15. The number of aliphatic hydroxyl groups is 2. The summed E-state index contributed by atoms with van der Waals surface area (Å²) in [5, 5.41) is 21.1. The first-order chi connectivity index (χ1) is 6.08. The smallest absolute Gasteiger partial charge is 0.0468 e. The molecule has 0 saturated carbocycles. The number of nitrogens with one attached hydrogen (secondary N) is 1. The van der Waals surface area contributed by atoms with Crippen molar-refractivity contribution < 1.29 is 10.2 Å². The molecular weight excluding hydrogens is 166 g/mol. The average molecular weight is 189 g/mol. The number of aliphatic hydroxyl groups excluding tert-OH is 2. The van der Waals surface area contributed by atoms with E-state index in [1.54, 1.807) is 0 Å². The van der Waals surface area contributed by atoms with E-state index in [0.29, 0.717) is 0 Å². The Morgan fingerprint density at radius 3 is 2.38 bits per heavy atom. The summed E-state index contributed by atoms with van der Waals surface area (Å²) in [5.74, 6) is 0.282. The van der Waals surface area contributed by atoms with E-state index in [1.807, 2.05) is 6.92 Å². The van der Waals surface area contributed by atoms with Crippen molar-refractivity contribution in [3.63, 3.8) is 0 Å². The summed E-state index contributed by atoms with van der Waals surface area (Å²) in [6.45, 7) is 7.44. The normalized spacial score (nSPS) is 18.2. The summed E-state index contributed by atoms with van der Waals surface area (Å²) < 4.78 is 0. The van der Waals surface area contributed by atoms with Crippen LogP contribution in [0.5, 0.6) is 0 Å². The molecule has 0 spiro atoms. The van der Waals surface area contributed by atoms with Crippen molar-refractivity contribution in [3.05, 3.63) is 0 Å². The monoisotopic (exact) mass is 189 g/mol. The molecule has 0 aliphatic rings. The molecule has 0 rings (SSSR count). The van der Waals surface area contributed by atoms with Crippen molar-refractivity contribution in [2.45, 2.75) is 39.2 Å². The second kappa shape index (κ2) is 6.35. The van der Waals surface area contributed by atoms with Crippen LogP contribution in [0, 0.1) is 5.92 Å². The second-order valence-corrected chi connectivity index (χ2v) is 4.06. The molecule has 0 aliphatic heterocycles. The molecule has 0 heterocycles. The molecule has 0 fully saturated rings. The highest BCUT2D eigenvalue weighted by atomic mass is 16.3. The van der Waals surface area contributed by atoms with Crippen LogP contribution in [0.25, 0.3) is 0 Å². The maximum absolute atomic E-state index is 8.87. The van der Waals surface area contributed by atoms with Gasteiger partial charge in [0.05, 0.1) is 0 Å². The standard InChI is InChI=1S/C10H23NO2/c1-4-10(3,5-6-12)11-7-9(2)8-13/h9,11-13H,4-8H2,1-3H3. The van der Waals surface area contributed by atoms with Crippen LogP contribution in [0.1, 0.15) is 33.6 Å². The summed E-state index contributed by atoms with van der Waals surface area (Å²) >= 11 is 0. The lowest BCUT2D eigenvalue weighted by Gasteiger charge is -2.30. The zero-order valence-electron chi connectivity index (χ0n) is 9.01. The van der Waals surface area contributed by atoms with Crippen LogP contribution in [0.4, 0.5) is 0 Å². The molecule has 0 radical (unpaired) electrons. The van der Waals surface area contributed by atoms with E-state index >= 15 is 0 Å². The highest BCUT2D eigenvalue weighted by Crippen LogP contribution is 2.13. The number of rotatable bonds is 7. The van der Waals surface area contributed by atoms with E-state index in [0.717, 1.165) is 19.4 Å². The van der Waals surface area contributed by atoms with E-state index in [2.05, 4.69) is 19.2 Å². The van der Waals surface area contributed by atoms with Gasteiger partial charge in [-0.1, -0.05) is 13.8 Å². The molecule has 80 valence electrons. The van der Waals surface area contributed by atoms with Crippen LogP contribution in [0.2, 0.25) is 0 Å². The minimum Gasteiger partial charge on any atom is -0.396 e. The van der Waals surface area contributed by atoms with Crippen molar-refractivity contribution in [1.82, 2.24) is 5.32 Å². The molecule has 3 nitrogen and oxygen atoms in total. The predicted octanol–water partition coefficient (Wildman–Crippen LogP) is 0.756. The van der Waals surface area contributed by atoms with Crippen LogP contribution >= 0.6 is 0 Å². The first-order valence-electron chi connectivity index (χ1n) is 5.04. The van der Waals surface area contributed by atoms with Gasteiger partial charge in [0.1, 0.15) is 0 Å². The van der Waals surface area contributed by atoms with Crippen molar-refractivity contribution in [2.75, 3.05) is 19.8 Å². The van der Waals surface area contributed by atoms with Gasteiger partial charge in [-0.2, -0.15) is 0 Å². The Bertz CT molecular complexity index is 130. The zero-order valence-corrected chi connectivity index (χ0v) is 9.01. The van der Waals surface area contributed by atoms with E-state index in [9.17, 15) is 0 Å². The lowest BCUT2D eigenvalue weighted by molar-refractivity contribution is 0.189. The molecule has 2 unspecified atom stereocenters. The lowest BCUT2D eigenvalue weighted by Crippen LogP contribution is -2.44. The first-order valence-corrected chi connectivity index (χ1v) is 5.04. The van der Waals surface area contributed by atoms with Crippen molar-refractivity contribution in [3.8, 4) is 0 Å². The summed E-state index contributed by atoms with van der Waals surface area (Å²) in [7, 11) is 0. The van der Waals surface area contributed by atoms with Gasteiger partial charge < -0.3 is 15.5 Å². The molecule has 3 heteroatoms. The van der Waals surface area contributed by atoms with Crippen molar-refractivity contribution >= 4 is 0 Å². The van der Waals surface area contributed by atoms with Gasteiger partial charge in [0.15, 0.2) is 0 Å². The van der Waals surface area contributed by atoms with Gasteiger partial charge in [0.2, 0.25) is 0 Å². The van der Waals surface area contributed by atoms with Gasteiger partial charge in [-0.15, -0.1) is 0 Å². The van der Waals surface area contributed by atoms with Gasteiger partial charge in [-0.05, 0) is 25.7 Å². The highest BCUT2D eigenvalue weighted by molar-refractivity contribution is 4.81. The number of hydrogen-bond acceptors (Lipinski definition) is 3. The van der Waals surface area contributed by atoms with Crippen LogP contribution in [-0.2, 0) is 0 Å². The molecule has 0 aromatic carbocycles. The Morgan fingerprint density at radius 2 is 2.00 bits per heavy atom. The molecule has 0 aliphatic carbocycles. The molecular formula is C10H23NO2. The van der Waals surface area contributed by atoms with Crippen LogP contribution in [0.15, 0.2) is 0 Å². The molecule has 2 atom stereocenters. The molecule has 0 bridgehead atoms. The fraction of sp³-hybridized carbons (Fsp3) is 1.00. The topological polar surface area (TPSA) is 52.5 Å². The van der Waals surface area contributed by atoms with Gasteiger partial charge in [-0.3, -0.25) is 0 Å². The van der Waals surface area contributed by atoms with E-state index in [4.69, 9.17) is 10.2 Å². The molecule has 3 N–H and O–H groups in total. The van der Waals surface area contributed by atoms with E-state index in [1.165, 1.54) is 0 Å². The largest absolute Gasteiger partial charge is 0.396 e. The molecule has 0 aromatic rings. The summed E-state index contributed by atoms with van der Waals surface area (Å²) in [6.07, 6.45) is 1.76. The van der Waals surface area contributed by atoms with Crippen LogP contribution < -0.4 is 5.32 Å². The Labute approximate surface area is 81.2 Å². The van der Waals surface area contributed by atoms with Gasteiger partial charge >= 0.3 is 0 Å².